The molecule has 1 rings (SSSR count). The van der Waals surface area contributed by atoms with E-state index < -0.39 is 33.2 Å². The van der Waals surface area contributed by atoms with Gasteiger partial charge in [-0.15, -0.1) is 0 Å². The monoisotopic (exact) mass is 232 g/mol. The van der Waals surface area contributed by atoms with Gasteiger partial charge in [0.25, 0.3) is 0 Å². The van der Waals surface area contributed by atoms with Gasteiger partial charge in [-0.1, -0.05) is 0 Å². The van der Waals surface area contributed by atoms with Crippen molar-refractivity contribution in [3.63, 3.8) is 0 Å². The Bertz CT molecular complexity index is 440. The molecule has 9 heteroatoms. The number of aromatic nitrogens is 2. The van der Waals surface area contributed by atoms with Gasteiger partial charge in [0.1, 0.15) is 5.75 Å². The minimum Gasteiger partial charge on any atom is -0.369 e. The third kappa shape index (κ3) is 2.37. The molecule has 0 saturated carbocycles. The van der Waals surface area contributed by atoms with Gasteiger partial charge in [0.2, 0.25) is 17.3 Å². The summed E-state index contributed by atoms with van der Waals surface area (Å²) in [5.41, 5.74) is 4.84. The van der Waals surface area contributed by atoms with Gasteiger partial charge >= 0.3 is 5.82 Å². The van der Waals surface area contributed by atoms with Crippen molar-refractivity contribution in [2.24, 2.45) is 12.8 Å². The summed E-state index contributed by atoms with van der Waals surface area (Å²) >= 11 is 0. The number of primary amides is 1. The molecule has 82 valence electrons. The molecule has 0 fully saturated rings. The van der Waals surface area contributed by atoms with Gasteiger partial charge < -0.3 is 20.4 Å². The Kier molecular flexibility index (Phi) is 3.14. The minimum atomic E-state index is -1.84. The molecule has 0 bridgehead atoms. The summed E-state index contributed by atoms with van der Waals surface area (Å²) in [5, 5.41) is 10.4. The largest absolute Gasteiger partial charge is 0.398 e. The second-order valence-electron chi connectivity index (χ2n) is 2.70. The van der Waals surface area contributed by atoms with E-state index in [1.54, 1.807) is 0 Å². The lowest BCUT2D eigenvalue weighted by atomic mass is 10.7. The van der Waals surface area contributed by atoms with Crippen LogP contribution in [0.25, 0.3) is 0 Å². The number of aryl methyl sites for hydroxylation is 1. The fourth-order valence-electron chi connectivity index (χ4n) is 0.992. The Morgan fingerprint density at radius 1 is 1.80 bits per heavy atom. The summed E-state index contributed by atoms with van der Waals surface area (Å²) in [6.07, 6.45) is 1.16. The van der Waals surface area contributed by atoms with Crippen molar-refractivity contribution in [3.8, 4) is 0 Å². The Morgan fingerprint density at radius 2 is 2.40 bits per heavy atom. The average molecular weight is 232 g/mol. The van der Waals surface area contributed by atoms with Crippen LogP contribution in [-0.2, 0) is 22.6 Å². The van der Waals surface area contributed by atoms with E-state index >= 15 is 0 Å². The number of nitrogens with two attached hydrogens (primary N) is 1. The Labute approximate surface area is 86.7 Å². The predicted octanol–water partition coefficient (Wildman–Crippen LogP) is -1.08. The molecule has 1 heterocycles. The second kappa shape index (κ2) is 4.17. The van der Waals surface area contributed by atoms with Crippen LogP contribution in [0.1, 0.15) is 0 Å². The predicted molar refractivity (Wildman–Crippen MR) is 50.3 cm³/mol. The van der Waals surface area contributed by atoms with E-state index in [0.717, 1.165) is 6.33 Å². The van der Waals surface area contributed by atoms with Crippen LogP contribution in [-0.4, -0.2) is 30.3 Å². The van der Waals surface area contributed by atoms with Crippen molar-refractivity contribution < 1.29 is 13.9 Å². The summed E-state index contributed by atoms with van der Waals surface area (Å²) in [7, 11) is -0.389. The fraction of sp³-hybridized carbons (Fsp3) is 0.333. The van der Waals surface area contributed by atoms with Gasteiger partial charge in [0.05, 0.1) is 10.8 Å². The maximum absolute atomic E-state index is 11.5. The second-order valence-corrected chi connectivity index (χ2v) is 4.06. The SMILES string of the molecule is Cn1cnc([N+](=O)[O-])c1S(=O)CC(N)=O. The maximum atomic E-state index is 11.5. The third-order valence-corrected chi connectivity index (χ3v) is 2.98. The lowest BCUT2D eigenvalue weighted by molar-refractivity contribution is -0.392. The molecule has 0 spiro atoms. The zero-order valence-corrected chi connectivity index (χ0v) is 8.56. The quantitative estimate of drug-likeness (QED) is 0.522. The first-order chi connectivity index (χ1) is 6.93. The number of hydrogen-bond acceptors (Lipinski definition) is 5. The maximum Gasteiger partial charge on any atom is 0.398 e. The highest BCUT2D eigenvalue weighted by Gasteiger charge is 2.25. The number of carbonyl (C=O) groups excluding carboxylic acids is 1. The Morgan fingerprint density at radius 3 is 2.87 bits per heavy atom. The number of rotatable bonds is 4. The molecule has 15 heavy (non-hydrogen) atoms. The van der Waals surface area contributed by atoms with Gasteiger partial charge in [-0.05, 0) is 9.91 Å². The number of nitro groups is 1. The first-order valence-corrected chi connectivity index (χ1v) is 5.07. The molecule has 0 aromatic carbocycles. The number of amides is 1. The molecule has 0 saturated heterocycles. The molecule has 1 unspecified atom stereocenters. The van der Waals surface area contributed by atoms with Gasteiger partial charge in [0.15, 0.2) is 0 Å². The molecule has 0 aliphatic heterocycles. The number of nitrogens with zero attached hydrogens (tertiary/aromatic N) is 3. The van der Waals surface area contributed by atoms with Crippen molar-refractivity contribution in [1.29, 1.82) is 0 Å². The van der Waals surface area contributed by atoms with Crippen LogP contribution in [0.5, 0.6) is 0 Å². The molecule has 0 aliphatic rings. The molecule has 1 atom stereocenters. The zero-order valence-electron chi connectivity index (χ0n) is 7.74. The van der Waals surface area contributed by atoms with Gasteiger partial charge in [-0.3, -0.25) is 9.00 Å². The Hall–Kier alpha value is -1.77. The Balaban J connectivity index is 3.12. The van der Waals surface area contributed by atoms with Crippen molar-refractivity contribution in [2.45, 2.75) is 5.03 Å². The molecule has 8 nitrogen and oxygen atoms in total. The summed E-state index contributed by atoms with van der Waals surface area (Å²) in [6.45, 7) is 0. The van der Waals surface area contributed by atoms with E-state index in [9.17, 15) is 19.1 Å². The standard InChI is InChI=1S/C6H8N4O4S/c1-9-3-8-5(10(12)13)6(9)15(14)2-4(7)11/h3H,2H2,1H3,(H2,7,11). The van der Waals surface area contributed by atoms with E-state index in [0.29, 0.717) is 0 Å². The summed E-state index contributed by atoms with van der Waals surface area (Å²) in [5.74, 6) is -1.76. The highest BCUT2D eigenvalue weighted by molar-refractivity contribution is 7.85. The van der Waals surface area contributed by atoms with Crippen LogP contribution in [0.15, 0.2) is 11.4 Å². The highest BCUT2D eigenvalue weighted by Crippen LogP contribution is 2.19. The summed E-state index contributed by atoms with van der Waals surface area (Å²) in [6, 6.07) is 0. The zero-order chi connectivity index (χ0) is 11.6. The smallest absolute Gasteiger partial charge is 0.369 e. The van der Waals surface area contributed by atoms with Crippen LogP contribution in [0.2, 0.25) is 0 Å². The molecular formula is C6H8N4O4S. The third-order valence-electron chi connectivity index (χ3n) is 1.53. The van der Waals surface area contributed by atoms with Crippen molar-refractivity contribution in [3.05, 3.63) is 16.4 Å². The molecule has 0 radical (unpaired) electrons. The van der Waals surface area contributed by atoms with Crippen molar-refractivity contribution in [1.82, 2.24) is 9.55 Å². The molecule has 1 aromatic rings. The topological polar surface area (TPSA) is 121 Å². The molecule has 0 aliphatic carbocycles. The van der Waals surface area contributed by atoms with Crippen LogP contribution < -0.4 is 5.73 Å². The fourth-order valence-corrected chi connectivity index (χ4v) is 2.09. The highest BCUT2D eigenvalue weighted by atomic mass is 32.2. The average Bonchev–Trinajstić information content (AvgIpc) is 2.45. The van der Waals surface area contributed by atoms with E-state index in [1.165, 1.54) is 11.6 Å². The van der Waals surface area contributed by atoms with E-state index in [1.807, 2.05) is 0 Å². The molecule has 1 amide bonds. The number of imidazole rings is 1. The number of carbonyl (C=O) groups is 1. The van der Waals surface area contributed by atoms with Gasteiger partial charge in [-0.25, -0.2) is 0 Å². The molecule has 1 aromatic heterocycles. The summed E-state index contributed by atoms with van der Waals surface area (Å²) in [4.78, 5) is 23.7. The first kappa shape index (κ1) is 11.3. The van der Waals surface area contributed by atoms with Crippen LogP contribution in [0, 0.1) is 10.1 Å². The first-order valence-electron chi connectivity index (χ1n) is 3.76. The molecule has 2 N–H and O–H groups in total. The van der Waals surface area contributed by atoms with Crippen LogP contribution in [0.3, 0.4) is 0 Å². The number of hydrogen-bond donors (Lipinski definition) is 1. The van der Waals surface area contributed by atoms with Crippen molar-refractivity contribution in [2.75, 3.05) is 5.75 Å². The van der Waals surface area contributed by atoms with Crippen LogP contribution >= 0.6 is 0 Å². The van der Waals surface area contributed by atoms with Crippen molar-refractivity contribution >= 4 is 22.5 Å². The summed E-state index contributed by atoms with van der Waals surface area (Å²) < 4.78 is 12.7. The van der Waals surface area contributed by atoms with E-state index in [2.05, 4.69) is 4.98 Å². The molecular weight excluding hydrogens is 224 g/mol. The van der Waals surface area contributed by atoms with E-state index in [4.69, 9.17) is 5.73 Å². The minimum absolute atomic E-state index is 0.112. The van der Waals surface area contributed by atoms with Gasteiger partial charge in [0, 0.05) is 7.05 Å². The van der Waals surface area contributed by atoms with Crippen LogP contribution in [0.4, 0.5) is 5.82 Å². The lowest BCUT2D eigenvalue weighted by Gasteiger charge is -1.99. The lowest BCUT2D eigenvalue weighted by Crippen LogP contribution is -2.20. The van der Waals surface area contributed by atoms with Gasteiger partial charge in [-0.2, -0.15) is 0 Å². The van der Waals surface area contributed by atoms with E-state index in [-0.39, 0.29) is 5.03 Å². The normalized spacial score (nSPS) is 12.3.